The molecule has 1 aromatic carbocycles. The van der Waals surface area contributed by atoms with Gasteiger partial charge in [-0.25, -0.2) is 14.4 Å². The van der Waals surface area contributed by atoms with Crippen LogP contribution in [0.2, 0.25) is 0 Å². The summed E-state index contributed by atoms with van der Waals surface area (Å²) in [6.45, 7) is 4.22. The van der Waals surface area contributed by atoms with Crippen LogP contribution in [-0.4, -0.2) is 41.8 Å². The van der Waals surface area contributed by atoms with Crippen LogP contribution in [-0.2, 0) is 9.53 Å². The molecule has 0 aliphatic heterocycles. The molecule has 200 valence electrons. The maximum Gasteiger partial charge on any atom is 0.312 e. The molecule has 6 nitrogen and oxygen atoms in total. The number of ether oxygens (including phenoxy) is 1. The van der Waals surface area contributed by atoms with Gasteiger partial charge in [-0.3, -0.25) is 4.79 Å². The van der Waals surface area contributed by atoms with Gasteiger partial charge in [0.25, 0.3) is 5.95 Å². The van der Waals surface area contributed by atoms with Crippen LogP contribution in [0.25, 0.3) is 11.3 Å². The Labute approximate surface area is 224 Å². The Kier molecular flexibility index (Phi) is 6.79. The van der Waals surface area contributed by atoms with Gasteiger partial charge in [0.05, 0.1) is 18.2 Å². The standard InChI is InChI=1S/C31H37FN4O2/c1-20-16-25(12-13-26(20)31(14-3-15-31)29(37)38-2)33-30-34-27(23-8-10-24(32)11-9-23)17-28(35-30)36(18-21-4-5-21)19-22-6-7-22/h8-13,17,20-22,26H,3-7,14-16,18-19H2,1-2H3. The molecule has 0 spiro atoms. The molecule has 2 unspecified atom stereocenters. The minimum Gasteiger partial charge on any atom is -0.469 e. The highest BCUT2D eigenvalue weighted by Crippen LogP contribution is 2.52. The predicted octanol–water partition coefficient (Wildman–Crippen LogP) is 6.54. The SMILES string of the molecule is COC(=O)C1(C2C=CC(=Nc3nc(-c4ccc(F)cc4)cc(N(CC4CC4)CC4CC4)n3)CC2C)CCC1. The van der Waals surface area contributed by atoms with Gasteiger partial charge in [0.15, 0.2) is 0 Å². The molecule has 38 heavy (non-hydrogen) atoms. The van der Waals surface area contributed by atoms with E-state index in [-0.39, 0.29) is 23.6 Å². The average molecular weight is 517 g/mol. The van der Waals surface area contributed by atoms with Crippen molar-refractivity contribution in [1.29, 1.82) is 0 Å². The fraction of sp³-hybridized carbons (Fsp3) is 0.548. The second-order valence-electron chi connectivity index (χ2n) is 11.9. The topological polar surface area (TPSA) is 67.7 Å². The Hall–Kier alpha value is -3.09. The Morgan fingerprint density at radius 3 is 2.34 bits per heavy atom. The predicted molar refractivity (Wildman–Crippen MR) is 147 cm³/mol. The van der Waals surface area contributed by atoms with E-state index in [9.17, 15) is 9.18 Å². The second-order valence-corrected chi connectivity index (χ2v) is 11.9. The van der Waals surface area contributed by atoms with Gasteiger partial charge in [-0.2, -0.15) is 4.98 Å². The van der Waals surface area contributed by atoms with E-state index in [0.717, 1.165) is 73.4 Å². The number of nitrogens with zero attached hydrogens (tertiary/aromatic N) is 4. The number of hydrogen-bond acceptors (Lipinski definition) is 6. The number of allylic oxidation sites excluding steroid dienone is 2. The number of aromatic nitrogens is 2. The highest BCUT2D eigenvalue weighted by atomic mass is 19.1. The molecule has 1 heterocycles. The number of hydrogen-bond donors (Lipinski definition) is 0. The van der Waals surface area contributed by atoms with Crippen molar-refractivity contribution >= 4 is 23.4 Å². The number of esters is 1. The first-order valence-corrected chi connectivity index (χ1v) is 14.2. The number of rotatable bonds is 9. The van der Waals surface area contributed by atoms with E-state index >= 15 is 0 Å². The van der Waals surface area contributed by atoms with Crippen molar-refractivity contribution < 1.29 is 13.9 Å². The number of carbonyl (C=O) groups is 1. The molecule has 3 saturated carbocycles. The molecule has 0 amide bonds. The van der Waals surface area contributed by atoms with E-state index in [1.165, 1.54) is 44.9 Å². The average Bonchev–Trinajstić information content (AvgIpc) is 3.81. The van der Waals surface area contributed by atoms with Crippen molar-refractivity contribution in [2.45, 2.75) is 58.3 Å². The van der Waals surface area contributed by atoms with Crippen LogP contribution in [0.5, 0.6) is 0 Å². The number of methoxy groups -OCH3 is 1. The molecule has 0 N–H and O–H groups in total. The summed E-state index contributed by atoms with van der Waals surface area (Å²) in [5, 5.41) is 0. The molecule has 4 aliphatic rings. The fourth-order valence-electron chi connectivity index (χ4n) is 6.19. The second kappa shape index (κ2) is 10.2. The van der Waals surface area contributed by atoms with Crippen LogP contribution in [0.3, 0.4) is 0 Å². The summed E-state index contributed by atoms with van der Waals surface area (Å²) in [5.74, 6) is 2.88. The minimum absolute atomic E-state index is 0.0861. The summed E-state index contributed by atoms with van der Waals surface area (Å²) in [4.78, 5) is 29.7. The number of anilines is 1. The maximum atomic E-state index is 13.7. The molecule has 3 fully saturated rings. The zero-order valence-corrected chi connectivity index (χ0v) is 22.4. The largest absolute Gasteiger partial charge is 0.469 e. The van der Waals surface area contributed by atoms with Gasteiger partial charge in [-0.15, -0.1) is 0 Å². The third kappa shape index (κ3) is 5.25. The molecule has 7 heteroatoms. The summed E-state index contributed by atoms with van der Waals surface area (Å²) in [6, 6.07) is 8.51. The van der Waals surface area contributed by atoms with E-state index in [1.807, 2.05) is 12.1 Å². The highest BCUT2D eigenvalue weighted by Gasteiger charge is 2.52. The number of aliphatic imine (C=N–C) groups is 1. The van der Waals surface area contributed by atoms with Crippen molar-refractivity contribution in [2.75, 3.05) is 25.1 Å². The highest BCUT2D eigenvalue weighted by molar-refractivity contribution is 5.97. The molecule has 1 aromatic heterocycles. The third-order valence-electron chi connectivity index (χ3n) is 8.88. The Morgan fingerprint density at radius 1 is 1.11 bits per heavy atom. The fourth-order valence-corrected chi connectivity index (χ4v) is 6.19. The van der Waals surface area contributed by atoms with Crippen molar-refractivity contribution in [2.24, 2.45) is 34.1 Å². The number of halogens is 1. The molecule has 4 aliphatic carbocycles. The smallest absolute Gasteiger partial charge is 0.312 e. The summed E-state index contributed by atoms with van der Waals surface area (Å²) >= 11 is 0. The zero-order chi connectivity index (χ0) is 26.3. The third-order valence-corrected chi connectivity index (χ3v) is 8.88. The lowest BCUT2D eigenvalue weighted by molar-refractivity contribution is -0.163. The monoisotopic (exact) mass is 516 g/mol. The van der Waals surface area contributed by atoms with Gasteiger partial charge >= 0.3 is 5.97 Å². The number of benzene rings is 1. The van der Waals surface area contributed by atoms with Crippen LogP contribution < -0.4 is 4.90 Å². The van der Waals surface area contributed by atoms with E-state index in [1.54, 1.807) is 12.1 Å². The first kappa shape index (κ1) is 25.2. The van der Waals surface area contributed by atoms with Crippen LogP contribution in [0, 0.1) is 34.9 Å². The lowest BCUT2D eigenvalue weighted by Crippen LogP contribution is -2.48. The molecule has 0 saturated heterocycles. The van der Waals surface area contributed by atoms with Gasteiger partial charge in [0.2, 0.25) is 0 Å². The first-order valence-electron chi connectivity index (χ1n) is 14.2. The Balaban J connectivity index is 1.33. The van der Waals surface area contributed by atoms with Gasteiger partial charge < -0.3 is 9.64 Å². The van der Waals surface area contributed by atoms with Crippen molar-refractivity contribution in [3.8, 4) is 11.3 Å². The summed E-state index contributed by atoms with van der Waals surface area (Å²) in [6.07, 6.45) is 12.9. The van der Waals surface area contributed by atoms with Gasteiger partial charge in [-0.05, 0) is 99.0 Å². The van der Waals surface area contributed by atoms with Crippen LogP contribution in [0.4, 0.5) is 16.2 Å². The molecular formula is C31H37FN4O2. The quantitative estimate of drug-likeness (QED) is 0.354. The van der Waals surface area contributed by atoms with Crippen LogP contribution >= 0.6 is 0 Å². The summed E-state index contributed by atoms with van der Waals surface area (Å²) < 4.78 is 18.8. The normalized spacial score (nSPS) is 25.2. The maximum absolute atomic E-state index is 13.7. The molecule has 0 radical (unpaired) electrons. The molecule has 0 bridgehead atoms. The Morgan fingerprint density at radius 2 is 1.79 bits per heavy atom. The van der Waals surface area contributed by atoms with Crippen molar-refractivity contribution in [1.82, 2.24) is 9.97 Å². The van der Waals surface area contributed by atoms with E-state index in [4.69, 9.17) is 19.7 Å². The van der Waals surface area contributed by atoms with Crippen molar-refractivity contribution in [3.63, 3.8) is 0 Å². The van der Waals surface area contributed by atoms with Gasteiger partial charge in [0.1, 0.15) is 11.6 Å². The Bertz CT molecular complexity index is 1230. The first-order chi connectivity index (χ1) is 18.4. The molecular weight excluding hydrogens is 479 g/mol. The van der Waals surface area contributed by atoms with Crippen molar-refractivity contribution in [3.05, 3.63) is 48.3 Å². The van der Waals surface area contributed by atoms with Gasteiger partial charge in [-0.1, -0.05) is 19.4 Å². The van der Waals surface area contributed by atoms with E-state index in [0.29, 0.717) is 5.95 Å². The lowest BCUT2D eigenvalue weighted by Gasteiger charge is -2.47. The summed E-state index contributed by atoms with van der Waals surface area (Å²) in [7, 11) is 1.49. The van der Waals surface area contributed by atoms with Crippen LogP contribution in [0.1, 0.15) is 58.3 Å². The van der Waals surface area contributed by atoms with E-state index < -0.39 is 5.41 Å². The minimum atomic E-state index is -0.394. The van der Waals surface area contributed by atoms with Gasteiger partial charge in [0, 0.05) is 30.4 Å². The zero-order valence-electron chi connectivity index (χ0n) is 22.4. The molecule has 6 rings (SSSR count). The molecule has 2 atom stereocenters. The molecule has 2 aromatic rings. The van der Waals surface area contributed by atoms with E-state index in [2.05, 4.69) is 17.9 Å². The lowest BCUT2D eigenvalue weighted by atomic mass is 9.56. The summed E-state index contributed by atoms with van der Waals surface area (Å²) in [5.41, 5.74) is 2.14. The van der Waals surface area contributed by atoms with Crippen LogP contribution in [0.15, 0.2) is 47.5 Å². The number of carbonyl (C=O) groups excluding carboxylic acids is 1.